The third-order valence-electron chi connectivity index (χ3n) is 4.28. The highest BCUT2D eigenvalue weighted by Gasteiger charge is 2.16. The van der Waals surface area contributed by atoms with Crippen molar-refractivity contribution in [1.82, 2.24) is 5.32 Å². The van der Waals surface area contributed by atoms with Crippen molar-refractivity contribution in [2.24, 2.45) is 16.6 Å². The van der Waals surface area contributed by atoms with Crippen molar-refractivity contribution in [2.75, 3.05) is 25.5 Å². The number of carbonyl (C=O) groups is 1. The summed E-state index contributed by atoms with van der Waals surface area (Å²) >= 11 is 0. The third kappa shape index (κ3) is 6.48. The second-order valence-corrected chi connectivity index (χ2v) is 6.18. The van der Waals surface area contributed by atoms with Crippen LogP contribution >= 0.6 is 0 Å². The number of anilines is 1. The summed E-state index contributed by atoms with van der Waals surface area (Å²) in [6.45, 7) is 0.974. The van der Waals surface area contributed by atoms with Crippen LogP contribution in [0.15, 0.2) is 29.3 Å². The van der Waals surface area contributed by atoms with Gasteiger partial charge >= 0.3 is 0 Å². The molecule has 0 aromatic heterocycles. The van der Waals surface area contributed by atoms with Gasteiger partial charge in [0.05, 0.1) is 13.7 Å². The van der Waals surface area contributed by atoms with Gasteiger partial charge in [-0.1, -0.05) is 19.3 Å². The van der Waals surface area contributed by atoms with Crippen molar-refractivity contribution in [1.29, 1.82) is 0 Å². The summed E-state index contributed by atoms with van der Waals surface area (Å²) in [6, 6.07) is 7.43. The normalized spacial score (nSPS) is 15.8. The van der Waals surface area contributed by atoms with Gasteiger partial charge in [0.15, 0.2) is 5.96 Å². The fourth-order valence-electron chi connectivity index (χ4n) is 2.96. The largest absolute Gasteiger partial charge is 0.497 e. The average Bonchev–Trinajstić information content (AvgIpc) is 2.60. The Kier molecular flexibility index (Phi) is 7.39. The Bertz CT molecular complexity index is 536. The molecule has 0 bridgehead atoms. The van der Waals surface area contributed by atoms with E-state index in [2.05, 4.69) is 15.6 Å². The van der Waals surface area contributed by atoms with Crippen LogP contribution in [-0.2, 0) is 4.79 Å². The highest BCUT2D eigenvalue weighted by Crippen LogP contribution is 2.25. The maximum Gasteiger partial charge on any atom is 0.220 e. The Balaban J connectivity index is 1.64. The number of hydrogen-bond donors (Lipinski definition) is 3. The van der Waals surface area contributed by atoms with E-state index < -0.39 is 0 Å². The molecule has 0 saturated heterocycles. The Labute approximate surface area is 143 Å². The number of nitrogens with one attached hydrogen (secondary N) is 2. The van der Waals surface area contributed by atoms with Crippen molar-refractivity contribution < 1.29 is 9.53 Å². The second-order valence-electron chi connectivity index (χ2n) is 6.18. The lowest BCUT2D eigenvalue weighted by atomic mass is 9.87. The Morgan fingerprint density at radius 1 is 1.25 bits per heavy atom. The van der Waals surface area contributed by atoms with Gasteiger partial charge in [-0.15, -0.1) is 0 Å². The van der Waals surface area contributed by atoms with Crippen LogP contribution in [-0.4, -0.2) is 32.1 Å². The molecule has 0 spiro atoms. The van der Waals surface area contributed by atoms with Gasteiger partial charge in [-0.2, -0.15) is 0 Å². The first kappa shape index (κ1) is 18.1. The summed E-state index contributed by atoms with van der Waals surface area (Å²) in [6.07, 6.45) is 6.84. The number of rotatable bonds is 7. The van der Waals surface area contributed by atoms with Crippen molar-refractivity contribution >= 4 is 17.6 Å². The van der Waals surface area contributed by atoms with E-state index in [0.29, 0.717) is 31.4 Å². The standard InChI is InChI=1S/C18H28N4O2/c1-24-16-9-7-15(8-10-16)22-18(19)21-12-11-20-17(23)13-14-5-3-2-4-6-14/h7-10,14H,2-6,11-13H2,1H3,(H,20,23)(H3,19,21,22). The van der Waals surface area contributed by atoms with Crippen LogP contribution in [0.25, 0.3) is 0 Å². The minimum atomic E-state index is 0.124. The molecule has 1 aliphatic rings. The lowest BCUT2D eigenvalue weighted by molar-refractivity contribution is -0.122. The average molecular weight is 332 g/mol. The maximum absolute atomic E-state index is 11.9. The lowest BCUT2D eigenvalue weighted by Crippen LogP contribution is -2.30. The van der Waals surface area contributed by atoms with Gasteiger partial charge in [0.2, 0.25) is 5.91 Å². The minimum Gasteiger partial charge on any atom is -0.497 e. The van der Waals surface area contributed by atoms with Crippen LogP contribution in [0.5, 0.6) is 5.75 Å². The molecule has 6 heteroatoms. The summed E-state index contributed by atoms with van der Waals surface area (Å²) in [5.41, 5.74) is 6.68. The van der Waals surface area contributed by atoms with E-state index in [9.17, 15) is 4.79 Å². The molecular formula is C18H28N4O2. The van der Waals surface area contributed by atoms with Crippen LogP contribution < -0.4 is 21.1 Å². The van der Waals surface area contributed by atoms with E-state index in [-0.39, 0.29) is 5.91 Å². The molecule has 1 aromatic rings. The quantitative estimate of drug-likeness (QED) is 0.407. The number of aliphatic imine (C=N–C) groups is 1. The van der Waals surface area contributed by atoms with Crippen molar-refractivity contribution in [3.05, 3.63) is 24.3 Å². The van der Waals surface area contributed by atoms with E-state index in [4.69, 9.17) is 10.5 Å². The highest BCUT2D eigenvalue weighted by molar-refractivity contribution is 5.92. The number of guanidine groups is 1. The van der Waals surface area contributed by atoms with Gasteiger partial charge in [0, 0.05) is 18.7 Å². The fraction of sp³-hybridized carbons (Fsp3) is 0.556. The molecule has 0 unspecified atom stereocenters. The van der Waals surface area contributed by atoms with Gasteiger partial charge in [0.25, 0.3) is 0 Å². The number of nitrogens with two attached hydrogens (primary N) is 1. The van der Waals surface area contributed by atoms with Crippen LogP contribution in [0.1, 0.15) is 38.5 Å². The molecule has 0 heterocycles. The van der Waals surface area contributed by atoms with E-state index in [1.165, 1.54) is 32.1 Å². The Morgan fingerprint density at radius 2 is 1.96 bits per heavy atom. The predicted octanol–water partition coefficient (Wildman–Crippen LogP) is 2.51. The number of hydrogen-bond acceptors (Lipinski definition) is 3. The molecule has 1 saturated carbocycles. The molecule has 2 rings (SSSR count). The Hall–Kier alpha value is -2.24. The molecule has 0 aliphatic heterocycles. The van der Waals surface area contributed by atoms with E-state index >= 15 is 0 Å². The second kappa shape index (κ2) is 9.80. The molecule has 24 heavy (non-hydrogen) atoms. The van der Waals surface area contributed by atoms with Crippen molar-refractivity contribution in [3.8, 4) is 5.75 Å². The molecule has 1 aromatic carbocycles. The zero-order valence-electron chi connectivity index (χ0n) is 14.4. The van der Waals surface area contributed by atoms with E-state index in [1.54, 1.807) is 7.11 Å². The predicted molar refractivity (Wildman–Crippen MR) is 97.3 cm³/mol. The minimum absolute atomic E-state index is 0.124. The summed E-state index contributed by atoms with van der Waals surface area (Å²) in [7, 11) is 1.63. The maximum atomic E-state index is 11.9. The fourth-order valence-corrected chi connectivity index (χ4v) is 2.96. The number of amides is 1. The number of nitrogens with zero attached hydrogens (tertiary/aromatic N) is 1. The summed E-state index contributed by atoms with van der Waals surface area (Å²) in [5.74, 6) is 1.81. The molecule has 132 valence electrons. The molecule has 4 N–H and O–H groups in total. The van der Waals surface area contributed by atoms with Crippen LogP contribution in [0, 0.1) is 5.92 Å². The monoisotopic (exact) mass is 332 g/mol. The van der Waals surface area contributed by atoms with Gasteiger partial charge in [0.1, 0.15) is 5.75 Å². The van der Waals surface area contributed by atoms with E-state index in [0.717, 1.165) is 11.4 Å². The lowest BCUT2D eigenvalue weighted by Gasteiger charge is -2.20. The number of ether oxygens (including phenoxy) is 1. The molecule has 1 fully saturated rings. The van der Waals surface area contributed by atoms with Crippen LogP contribution in [0.3, 0.4) is 0 Å². The molecule has 1 aliphatic carbocycles. The van der Waals surface area contributed by atoms with Crippen molar-refractivity contribution in [3.63, 3.8) is 0 Å². The Morgan fingerprint density at radius 3 is 2.62 bits per heavy atom. The van der Waals surface area contributed by atoms with E-state index in [1.807, 2.05) is 24.3 Å². The van der Waals surface area contributed by atoms with Crippen LogP contribution in [0.2, 0.25) is 0 Å². The van der Waals surface area contributed by atoms with Gasteiger partial charge in [-0.05, 0) is 43.0 Å². The first-order valence-electron chi connectivity index (χ1n) is 8.65. The SMILES string of the molecule is COc1ccc(NC(N)=NCCNC(=O)CC2CCCCC2)cc1. The summed E-state index contributed by atoms with van der Waals surface area (Å²) in [4.78, 5) is 16.1. The number of carbonyl (C=O) groups excluding carboxylic acids is 1. The third-order valence-corrected chi connectivity index (χ3v) is 4.28. The first-order valence-corrected chi connectivity index (χ1v) is 8.65. The van der Waals surface area contributed by atoms with Gasteiger partial charge in [-0.3, -0.25) is 9.79 Å². The molecule has 6 nitrogen and oxygen atoms in total. The topological polar surface area (TPSA) is 88.7 Å². The molecular weight excluding hydrogens is 304 g/mol. The highest BCUT2D eigenvalue weighted by atomic mass is 16.5. The van der Waals surface area contributed by atoms with Crippen LogP contribution in [0.4, 0.5) is 5.69 Å². The zero-order valence-corrected chi connectivity index (χ0v) is 14.4. The zero-order chi connectivity index (χ0) is 17.2. The summed E-state index contributed by atoms with van der Waals surface area (Å²) < 4.78 is 5.10. The number of methoxy groups -OCH3 is 1. The molecule has 1 amide bonds. The number of benzene rings is 1. The van der Waals surface area contributed by atoms with Gasteiger partial charge in [-0.25, -0.2) is 0 Å². The molecule has 0 atom stereocenters. The van der Waals surface area contributed by atoms with Gasteiger partial charge < -0.3 is 21.1 Å². The van der Waals surface area contributed by atoms with Crippen molar-refractivity contribution in [2.45, 2.75) is 38.5 Å². The smallest absolute Gasteiger partial charge is 0.220 e. The summed E-state index contributed by atoms with van der Waals surface area (Å²) in [5, 5.41) is 5.92. The molecule has 0 radical (unpaired) electrons. The first-order chi connectivity index (χ1) is 11.7.